The fourth-order valence-corrected chi connectivity index (χ4v) is 4.55. The summed E-state index contributed by atoms with van der Waals surface area (Å²) in [4.78, 5) is 42.0. The van der Waals surface area contributed by atoms with Gasteiger partial charge in [0.1, 0.15) is 12.1 Å². The van der Waals surface area contributed by atoms with E-state index < -0.39 is 11.6 Å². The summed E-state index contributed by atoms with van der Waals surface area (Å²) in [6, 6.07) is 7.42. The van der Waals surface area contributed by atoms with E-state index in [1.165, 1.54) is 0 Å². The average molecular weight is 383 g/mol. The van der Waals surface area contributed by atoms with E-state index in [1.807, 2.05) is 36.1 Å². The number of hydrogen-bond acceptors (Lipinski definition) is 3. The van der Waals surface area contributed by atoms with Crippen molar-refractivity contribution in [1.29, 1.82) is 0 Å². The van der Waals surface area contributed by atoms with Crippen LogP contribution in [0.5, 0.6) is 0 Å². The Hall–Kier alpha value is -2.37. The van der Waals surface area contributed by atoms with Crippen LogP contribution in [0.15, 0.2) is 24.3 Å². The van der Waals surface area contributed by atoms with E-state index >= 15 is 0 Å². The third-order valence-electron chi connectivity index (χ3n) is 6.22. The highest BCUT2D eigenvalue weighted by Gasteiger charge is 2.53. The van der Waals surface area contributed by atoms with Crippen LogP contribution in [0.2, 0.25) is 0 Å². The standard InChI is InChI=1S/C22H29N3O3/c1-2-13-24(14-16-10-11-16)19(26)15-25-20(27)22(23-21(25)28)12-6-5-8-17-7-3-4-9-18(17)22/h3-4,7,9,16H,2,5-6,8,10-15H2,1H3,(H,23,28)/t22-/m0/s1. The fraction of sp³-hybridized carbons (Fsp3) is 0.591. The first-order valence-corrected chi connectivity index (χ1v) is 10.6. The van der Waals surface area contributed by atoms with E-state index in [4.69, 9.17) is 0 Å². The van der Waals surface area contributed by atoms with Crippen LogP contribution >= 0.6 is 0 Å². The van der Waals surface area contributed by atoms with Crippen molar-refractivity contribution in [2.24, 2.45) is 5.92 Å². The molecule has 0 aromatic heterocycles. The molecular weight excluding hydrogens is 354 g/mol. The number of carbonyl (C=O) groups is 3. The summed E-state index contributed by atoms with van der Waals surface area (Å²) >= 11 is 0. The molecule has 4 amide bonds. The number of nitrogens with one attached hydrogen (secondary N) is 1. The molecule has 6 nitrogen and oxygen atoms in total. The summed E-state index contributed by atoms with van der Waals surface area (Å²) in [5.74, 6) is 0.179. The van der Waals surface area contributed by atoms with Crippen LogP contribution in [-0.4, -0.2) is 47.3 Å². The molecule has 1 saturated heterocycles. The van der Waals surface area contributed by atoms with Crippen molar-refractivity contribution in [1.82, 2.24) is 15.1 Å². The molecule has 1 aromatic carbocycles. The molecule has 150 valence electrons. The number of carbonyl (C=O) groups excluding carboxylic acids is 3. The minimum atomic E-state index is -1.02. The summed E-state index contributed by atoms with van der Waals surface area (Å²) in [5, 5.41) is 2.96. The molecule has 2 fully saturated rings. The lowest BCUT2D eigenvalue weighted by molar-refractivity contribution is -0.139. The molecule has 0 unspecified atom stereocenters. The van der Waals surface area contributed by atoms with Gasteiger partial charge in [0, 0.05) is 13.1 Å². The molecular formula is C22H29N3O3. The fourth-order valence-electron chi connectivity index (χ4n) is 4.55. The second-order valence-electron chi connectivity index (χ2n) is 8.37. The number of amides is 4. The van der Waals surface area contributed by atoms with Crippen molar-refractivity contribution >= 4 is 17.8 Å². The molecule has 1 atom stereocenters. The van der Waals surface area contributed by atoms with Crippen LogP contribution < -0.4 is 5.32 Å². The maximum atomic E-state index is 13.4. The number of nitrogens with zero attached hydrogens (tertiary/aromatic N) is 2. The largest absolute Gasteiger partial charge is 0.341 e. The van der Waals surface area contributed by atoms with Crippen LogP contribution in [0.25, 0.3) is 0 Å². The lowest BCUT2D eigenvalue weighted by Gasteiger charge is -2.28. The van der Waals surface area contributed by atoms with Gasteiger partial charge in [-0.25, -0.2) is 4.79 Å². The molecule has 0 radical (unpaired) electrons. The smallest absolute Gasteiger partial charge is 0.325 e. The Kier molecular flexibility index (Phi) is 5.13. The van der Waals surface area contributed by atoms with Crippen molar-refractivity contribution < 1.29 is 14.4 Å². The van der Waals surface area contributed by atoms with E-state index in [9.17, 15) is 14.4 Å². The Morgan fingerprint density at radius 3 is 2.79 bits per heavy atom. The topological polar surface area (TPSA) is 69.7 Å². The summed E-state index contributed by atoms with van der Waals surface area (Å²) in [7, 11) is 0. The summed E-state index contributed by atoms with van der Waals surface area (Å²) in [6.45, 7) is 3.29. The lowest BCUT2D eigenvalue weighted by Crippen LogP contribution is -2.46. The molecule has 1 heterocycles. The van der Waals surface area contributed by atoms with Gasteiger partial charge in [-0.05, 0) is 62.0 Å². The van der Waals surface area contributed by atoms with Crippen LogP contribution in [0, 0.1) is 5.92 Å². The zero-order chi connectivity index (χ0) is 19.7. The average Bonchev–Trinajstić information content (AvgIpc) is 3.49. The number of fused-ring (bicyclic) bond motifs is 2. The Morgan fingerprint density at radius 2 is 2.04 bits per heavy atom. The first kappa shape index (κ1) is 19.0. The highest BCUT2D eigenvalue weighted by atomic mass is 16.2. The van der Waals surface area contributed by atoms with Gasteiger partial charge in [0.15, 0.2) is 0 Å². The van der Waals surface area contributed by atoms with E-state index in [0.717, 1.165) is 61.1 Å². The van der Waals surface area contributed by atoms with Gasteiger partial charge in [-0.2, -0.15) is 0 Å². The number of benzene rings is 1. The summed E-state index contributed by atoms with van der Waals surface area (Å²) in [6.07, 6.45) is 6.55. The highest BCUT2D eigenvalue weighted by Crippen LogP contribution is 2.39. The molecule has 1 aliphatic heterocycles. The summed E-state index contributed by atoms with van der Waals surface area (Å²) < 4.78 is 0. The molecule has 1 saturated carbocycles. The van der Waals surface area contributed by atoms with Crippen molar-refractivity contribution in [2.45, 2.75) is 57.4 Å². The first-order chi connectivity index (χ1) is 13.5. The van der Waals surface area contributed by atoms with Gasteiger partial charge in [-0.3, -0.25) is 14.5 Å². The van der Waals surface area contributed by atoms with E-state index in [0.29, 0.717) is 18.9 Å². The molecule has 0 bridgehead atoms. The lowest BCUT2D eigenvalue weighted by atomic mass is 9.84. The predicted molar refractivity (Wildman–Crippen MR) is 106 cm³/mol. The number of aryl methyl sites for hydroxylation is 1. The van der Waals surface area contributed by atoms with Gasteiger partial charge < -0.3 is 10.2 Å². The predicted octanol–water partition coefficient (Wildman–Crippen LogP) is 2.81. The van der Waals surface area contributed by atoms with Crippen molar-refractivity contribution in [2.75, 3.05) is 19.6 Å². The number of urea groups is 1. The number of hydrogen-bond donors (Lipinski definition) is 1. The Balaban J connectivity index is 1.56. The van der Waals surface area contributed by atoms with Gasteiger partial charge in [0.05, 0.1) is 0 Å². The summed E-state index contributed by atoms with van der Waals surface area (Å²) in [5.41, 5.74) is 0.989. The first-order valence-electron chi connectivity index (χ1n) is 10.6. The number of imide groups is 1. The van der Waals surface area contributed by atoms with Gasteiger partial charge in [-0.1, -0.05) is 31.2 Å². The molecule has 6 heteroatoms. The quantitative estimate of drug-likeness (QED) is 0.768. The maximum Gasteiger partial charge on any atom is 0.325 e. The van der Waals surface area contributed by atoms with Gasteiger partial charge in [0.2, 0.25) is 5.91 Å². The van der Waals surface area contributed by atoms with E-state index in [-0.39, 0.29) is 18.4 Å². The zero-order valence-electron chi connectivity index (χ0n) is 16.6. The molecule has 4 rings (SSSR count). The molecule has 1 N–H and O–H groups in total. The van der Waals surface area contributed by atoms with E-state index in [1.54, 1.807) is 0 Å². The third kappa shape index (κ3) is 3.40. The van der Waals surface area contributed by atoms with Crippen molar-refractivity contribution in [3.63, 3.8) is 0 Å². The minimum absolute atomic E-state index is 0.129. The molecule has 28 heavy (non-hydrogen) atoms. The van der Waals surface area contributed by atoms with Crippen molar-refractivity contribution in [3.05, 3.63) is 35.4 Å². The monoisotopic (exact) mass is 383 g/mol. The highest BCUT2D eigenvalue weighted by molar-refractivity contribution is 6.09. The Labute approximate surface area is 166 Å². The minimum Gasteiger partial charge on any atom is -0.341 e. The van der Waals surface area contributed by atoms with Crippen LogP contribution in [0.1, 0.15) is 56.6 Å². The van der Waals surface area contributed by atoms with E-state index in [2.05, 4.69) is 5.32 Å². The zero-order valence-corrected chi connectivity index (χ0v) is 16.6. The van der Waals surface area contributed by atoms with Crippen molar-refractivity contribution in [3.8, 4) is 0 Å². The van der Waals surface area contributed by atoms with Crippen LogP contribution in [0.4, 0.5) is 4.79 Å². The van der Waals surface area contributed by atoms with Gasteiger partial charge >= 0.3 is 6.03 Å². The van der Waals surface area contributed by atoms with Gasteiger partial charge in [0.25, 0.3) is 5.91 Å². The molecule has 3 aliphatic rings. The maximum absolute atomic E-state index is 13.4. The Bertz CT molecular complexity index is 789. The van der Waals surface area contributed by atoms with Gasteiger partial charge in [-0.15, -0.1) is 0 Å². The van der Waals surface area contributed by atoms with Crippen LogP contribution in [0.3, 0.4) is 0 Å². The van der Waals surface area contributed by atoms with Crippen LogP contribution in [-0.2, 0) is 21.5 Å². The number of rotatable bonds is 6. The molecule has 2 aliphatic carbocycles. The second kappa shape index (κ2) is 7.57. The SMILES string of the molecule is CCCN(CC1CC1)C(=O)CN1C(=O)N[C@]2(CCCCc3ccccc32)C1=O. The molecule has 1 spiro atoms. The molecule has 1 aromatic rings. The second-order valence-corrected chi connectivity index (χ2v) is 8.37. The normalized spacial score (nSPS) is 24.1. The third-order valence-corrected chi connectivity index (χ3v) is 6.22. The Morgan fingerprint density at radius 1 is 1.25 bits per heavy atom.